The third-order valence-corrected chi connectivity index (χ3v) is 3.84. The molecule has 0 spiro atoms. The second-order valence-electron chi connectivity index (χ2n) is 5.23. The molecule has 0 bridgehead atoms. The number of phosphoric ester groups is 1. The molecule has 0 aliphatic carbocycles. The molecule has 1 unspecified atom stereocenters. The molecule has 0 aliphatic rings. The van der Waals surface area contributed by atoms with E-state index in [0.717, 1.165) is 36.7 Å². The highest BCUT2D eigenvalue weighted by Gasteiger charge is 2.23. The normalized spacial score (nSPS) is 15.6. The number of quaternary nitrogens is 1. The fraction of sp³-hybridized carbons (Fsp3) is 1.00. The van der Waals surface area contributed by atoms with E-state index in [0.29, 0.717) is 6.54 Å². The van der Waals surface area contributed by atoms with Crippen molar-refractivity contribution in [2.24, 2.45) is 0 Å². The van der Waals surface area contributed by atoms with E-state index in [1.807, 2.05) is 6.92 Å². The van der Waals surface area contributed by atoms with E-state index in [1.165, 1.54) is 0 Å². The zero-order valence-electron chi connectivity index (χ0n) is 12.2. The van der Waals surface area contributed by atoms with Crippen LogP contribution in [-0.2, 0) is 13.6 Å². The minimum absolute atomic E-state index is 0.247. The van der Waals surface area contributed by atoms with Gasteiger partial charge >= 0.3 is 7.82 Å². The molecule has 0 saturated carbocycles. The van der Waals surface area contributed by atoms with E-state index in [9.17, 15) is 9.46 Å². The Morgan fingerprint density at radius 1 is 1.00 bits per heavy atom. The van der Waals surface area contributed by atoms with Crippen LogP contribution in [0.1, 0.15) is 39.5 Å². The Bertz CT molecular complexity index is 258. The highest BCUT2D eigenvalue weighted by atomic mass is 31.2. The van der Waals surface area contributed by atoms with Crippen LogP contribution in [0.5, 0.6) is 0 Å². The van der Waals surface area contributed by atoms with E-state index in [1.54, 1.807) is 0 Å². The Labute approximate surface area is 111 Å². The van der Waals surface area contributed by atoms with Gasteiger partial charge in [-0.2, -0.15) is 0 Å². The Kier molecular flexibility index (Phi) is 9.09. The van der Waals surface area contributed by atoms with Crippen molar-refractivity contribution < 1.29 is 23.0 Å². The maximum Gasteiger partial charge on any atom is 0.472 e. The lowest BCUT2D eigenvalue weighted by atomic mass is 10.3. The molecule has 0 radical (unpaired) electrons. The Morgan fingerprint density at radius 2 is 1.56 bits per heavy atom. The van der Waals surface area contributed by atoms with Crippen molar-refractivity contribution in [2.75, 3.05) is 40.4 Å². The largest absolute Gasteiger partial charge is 0.472 e. The van der Waals surface area contributed by atoms with E-state index in [-0.39, 0.29) is 13.2 Å². The van der Waals surface area contributed by atoms with Crippen LogP contribution in [0, 0.1) is 0 Å². The van der Waals surface area contributed by atoms with Crippen LogP contribution < -0.4 is 0 Å². The van der Waals surface area contributed by atoms with Crippen LogP contribution in [0.4, 0.5) is 0 Å². The van der Waals surface area contributed by atoms with Crippen molar-refractivity contribution in [1.29, 1.82) is 0 Å². The lowest BCUT2D eigenvalue weighted by molar-refractivity contribution is -0.890. The number of unbranched alkanes of at least 4 members (excludes halogenated alkanes) is 2. The molecule has 1 atom stereocenters. The van der Waals surface area contributed by atoms with E-state index >= 15 is 0 Å². The molecule has 0 heterocycles. The van der Waals surface area contributed by atoms with Crippen molar-refractivity contribution in [3.63, 3.8) is 0 Å². The van der Waals surface area contributed by atoms with Gasteiger partial charge in [-0.15, -0.1) is 0 Å². The van der Waals surface area contributed by atoms with Crippen LogP contribution in [0.2, 0.25) is 0 Å². The highest BCUT2D eigenvalue weighted by Crippen LogP contribution is 2.43. The van der Waals surface area contributed by atoms with Gasteiger partial charge in [0.15, 0.2) is 0 Å². The first-order valence-corrected chi connectivity index (χ1v) is 8.26. The molecule has 5 nitrogen and oxygen atoms in total. The Hall–Kier alpha value is 0.0700. The van der Waals surface area contributed by atoms with Crippen LogP contribution in [0.25, 0.3) is 0 Å². The lowest BCUT2D eigenvalue weighted by Crippen LogP contribution is -2.42. The molecule has 1 N–H and O–H groups in total. The summed E-state index contributed by atoms with van der Waals surface area (Å²) in [7, 11) is 0.349. The molecule has 0 aromatic heterocycles. The first-order valence-electron chi connectivity index (χ1n) is 6.77. The standard InChI is InChI=1S/C12H28NO4P/c1-5-7-9-13(3,4)10-12-17-18(14,15)16-11-8-6-2/h5-12H2,1-4H3/p+1. The fourth-order valence-corrected chi connectivity index (χ4v) is 2.21. The minimum Gasteiger partial charge on any atom is -0.327 e. The lowest BCUT2D eigenvalue weighted by Gasteiger charge is -2.29. The van der Waals surface area contributed by atoms with E-state index < -0.39 is 7.82 Å². The van der Waals surface area contributed by atoms with Crippen molar-refractivity contribution in [2.45, 2.75) is 39.5 Å². The number of rotatable bonds is 11. The molecule has 6 heteroatoms. The summed E-state index contributed by atoms with van der Waals surface area (Å²) >= 11 is 0. The maximum atomic E-state index is 11.5. The van der Waals surface area contributed by atoms with Gasteiger partial charge in [0.05, 0.1) is 27.2 Å². The summed E-state index contributed by atoms with van der Waals surface area (Å²) in [5.41, 5.74) is 0. The number of nitrogens with zero attached hydrogens (tertiary/aromatic N) is 1. The predicted molar refractivity (Wildman–Crippen MR) is 73.4 cm³/mol. The quantitative estimate of drug-likeness (QED) is 0.360. The minimum atomic E-state index is -3.84. The van der Waals surface area contributed by atoms with Gasteiger partial charge in [-0.05, 0) is 12.8 Å². The molecular formula is C12H29NO4P+. The Morgan fingerprint density at radius 3 is 2.11 bits per heavy atom. The van der Waals surface area contributed by atoms with Gasteiger partial charge < -0.3 is 9.38 Å². The SMILES string of the molecule is CCCCOP(=O)(O)OCC[N+](C)(C)CCCC. The first kappa shape index (κ1) is 18.1. The highest BCUT2D eigenvalue weighted by molar-refractivity contribution is 7.47. The summed E-state index contributed by atoms with van der Waals surface area (Å²) in [6.45, 7) is 6.43. The van der Waals surface area contributed by atoms with Crippen LogP contribution in [0.15, 0.2) is 0 Å². The van der Waals surface area contributed by atoms with Gasteiger partial charge in [0.25, 0.3) is 0 Å². The summed E-state index contributed by atoms with van der Waals surface area (Å²) in [6, 6.07) is 0. The fourth-order valence-electron chi connectivity index (χ4n) is 1.46. The van der Waals surface area contributed by atoms with Crippen LogP contribution >= 0.6 is 7.82 Å². The average Bonchev–Trinajstić information content (AvgIpc) is 2.26. The number of phosphoric acid groups is 1. The van der Waals surface area contributed by atoms with Crippen molar-refractivity contribution in [3.05, 3.63) is 0 Å². The van der Waals surface area contributed by atoms with Gasteiger partial charge in [-0.25, -0.2) is 4.57 Å². The molecule has 0 saturated heterocycles. The predicted octanol–water partition coefficient (Wildman–Crippen LogP) is 2.80. The molecular weight excluding hydrogens is 253 g/mol. The van der Waals surface area contributed by atoms with Crippen LogP contribution in [-0.4, -0.2) is 49.8 Å². The van der Waals surface area contributed by atoms with Gasteiger partial charge in [0, 0.05) is 0 Å². The second kappa shape index (κ2) is 9.05. The summed E-state index contributed by atoms with van der Waals surface area (Å²) < 4.78 is 22.1. The Balaban J connectivity index is 3.83. The van der Waals surface area contributed by atoms with Crippen LogP contribution in [0.3, 0.4) is 0 Å². The zero-order valence-corrected chi connectivity index (χ0v) is 13.1. The van der Waals surface area contributed by atoms with Gasteiger partial charge in [0.2, 0.25) is 0 Å². The summed E-state index contributed by atoms with van der Waals surface area (Å²) in [6.07, 6.45) is 4.00. The molecule has 110 valence electrons. The van der Waals surface area contributed by atoms with Crippen molar-refractivity contribution >= 4 is 7.82 Å². The van der Waals surface area contributed by atoms with E-state index in [4.69, 9.17) is 9.05 Å². The van der Waals surface area contributed by atoms with Gasteiger partial charge in [-0.3, -0.25) is 9.05 Å². The average molecular weight is 282 g/mol. The van der Waals surface area contributed by atoms with E-state index in [2.05, 4.69) is 21.0 Å². The maximum absolute atomic E-state index is 11.5. The molecule has 18 heavy (non-hydrogen) atoms. The summed E-state index contributed by atoms with van der Waals surface area (Å²) in [4.78, 5) is 9.42. The smallest absolute Gasteiger partial charge is 0.327 e. The summed E-state index contributed by atoms with van der Waals surface area (Å²) in [5, 5.41) is 0. The van der Waals surface area contributed by atoms with Crippen molar-refractivity contribution in [1.82, 2.24) is 0 Å². The molecule has 0 rings (SSSR count). The van der Waals surface area contributed by atoms with Gasteiger partial charge in [0.1, 0.15) is 13.2 Å². The molecule has 0 aromatic carbocycles. The molecule has 0 fully saturated rings. The topological polar surface area (TPSA) is 55.8 Å². The third-order valence-electron chi connectivity index (χ3n) is 2.82. The number of likely N-dealkylation sites (N-methyl/N-ethyl adjacent to an activating group) is 1. The van der Waals surface area contributed by atoms with Crippen molar-refractivity contribution in [3.8, 4) is 0 Å². The molecule has 0 amide bonds. The first-order chi connectivity index (χ1) is 8.33. The molecule has 0 aliphatic heterocycles. The monoisotopic (exact) mass is 282 g/mol. The second-order valence-corrected chi connectivity index (χ2v) is 6.68. The van der Waals surface area contributed by atoms with Gasteiger partial charge in [-0.1, -0.05) is 26.7 Å². The molecule has 0 aromatic rings. The third kappa shape index (κ3) is 10.0. The number of hydrogen-bond donors (Lipinski definition) is 1. The summed E-state index contributed by atoms with van der Waals surface area (Å²) in [5.74, 6) is 0. The zero-order chi connectivity index (χ0) is 14.1. The number of hydrogen-bond acceptors (Lipinski definition) is 3.